The largest absolute Gasteiger partial charge is 0.348 e. The molecule has 2 aromatic carbocycles. The number of benzene rings is 2. The lowest BCUT2D eigenvalue weighted by Gasteiger charge is -2.05. The van der Waals surface area contributed by atoms with Gasteiger partial charge in [0.25, 0.3) is 5.91 Å². The van der Waals surface area contributed by atoms with Crippen LogP contribution in [-0.2, 0) is 6.54 Å². The highest BCUT2D eigenvalue weighted by Crippen LogP contribution is 2.05. The fraction of sp³-hybridized carbons (Fsp3) is 0.0667. The number of nitrogens with zero attached hydrogens (tertiary/aromatic N) is 1. The summed E-state index contributed by atoms with van der Waals surface area (Å²) in [6.45, 7) is 0.332. The number of amides is 1. The van der Waals surface area contributed by atoms with Crippen molar-refractivity contribution >= 4 is 5.91 Å². The maximum absolute atomic E-state index is 12.7. The van der Waals surface area contributed by atoms with Gasteiger partial charge in [0.05, 0.1) is 11.6 Å². The molecule has 0 radical (unpaired) electrons. The minimum atomic E-state index is -0.304. The van der Waals surface area contributed by atoms with Crippen LogP contribution in [0.4, 0.5) is 4.39 Å². The summed E-state index contributed by atoms with van der Waals surface area (Å²) in [5, 5.41) is 11.4. The van der Waals surface area contributed by atoms with Crippen molar-refractivity contribution in [1.82, 2.24) is 5.32 Å². The molecule has 0 aromatic heterocycles. The van der Waals surface area contributed by atoms with Crippen molar-refractivity contribution in [2.75, 3.05) is 0 Å². The zero-order valence-electron chi connectivity index (χ0n) is 10.1. The van der Waals surface area contributed by atoms with Gasteiger partial charge in [-0.3, -0.25) is 4.79 Å². The van der Waals surface area contributed by atoms with Crippen LogP contribution < -0.4 is 5.32 Å². The third-order valence-electron chi connectivity index (χ3n) is 2.64. The maximum Gasteiger partial charge on any atom is 0.251 e. The first-order valence-corrected chi connectivity index (χ1v) is 5.72. The van der Waals surface area contributed by atoms with E-state index in [4.69, 9.17) is 5.26 Å². The molecular formula is C15H11FN2O. The van der Waals surface area contributed by atoms with Crippen molar-refractivity contribution < 1.29 is 9.18 Å². The number of carbonyl (C=O) groups is 1. The molecule has 0 aliphatic rings. The molecule has 1 N–H and O–H groups in total. The Morgan fingerprint density at radius 1 is 1.11 bits per heavy atom. The average molecular weight is 254 g/mol. The van der Waals surface area contributed by atoms with Crippen LogP contribution in [-0.4, -0.2) is 5.91 Å². The summed E-state index contributed by atoms with van der Waals surface area (Å²) in [5.41, 5.74) is 1.82. The number of halogens is 1. The second-order valence-corrected chi connectivity index (χ2v) is 4.00. The molecule has 0 atom stereocenters. The van der Waals surface area contributed by atoms with Crippen LogP contribution in [0.2, 0.25) is 0 Å². The first-order chi connectivity index (χ1) is 9.19. The minimum absolute atomic E-state index is 0.228. The average Bonchev–Trinajstić information content (AvgIpc) is 2.46. The van der Waals surface area contributed by atoms with Crippen LogP contribution in [0.15, 0.2) is 48.5 Å². The Labute approximate surface area is 110 Å². The highest BCUT2D eigenvalue weighted by atomic mass is 19.1. The van der Waals surface area contributed by atoms with E-state index in [2.05, 4.69) is 5.32 Å². The van der Waals surface area contributed by atoms with E-state index in [1.807, 2.05) is 6.07 Å². The Hall–Kier alpha value is -2.67. The maximum atomic E-state index is 12.7. The fourth-order valence-electron chi connectivity index (χ4n) is 1.58. The van der Waals surface area contributed by atoms with Gasteiger partial charge < -0.3 is 5.32 Å². The van der Waals surface area contributed by atoms with E-state index in [9.17, 15) is 9.18 Å². The van der Waals surface area contributed by atoms with Crippen LogP contribution >= 0.6 is 0 Å². The summed E-state index contributed by atoms with van der Waals surface area (Å²) in [4.78, 5) is 11.8. The summed E-state index contributed by atoms with van der Waals surface area (Å²) in [7, 11) is 0. The van der Waals surface area contributed by atoms with Crippen molar-refractivity contribution in [2.45, 2.75) is 6.54 Å². The predicted octanol–water partition coefficient (Wildman–Crippen LogP) is 2.63. The van der Waals surface area contributed by atoms with E-state index in [0.717, 1.165) is 5.56 Å². The van der Waals surface area contributed by atoms with Gasteiger partial charge in [0.1, 0.15) is 5.82 Å². The number of nitriles is 1. The van der Waals surface area contributed by atoms with Gasteiger partial charge in [-0.25, -0.2) is 4.39 Å². The van der Waals surface area contributed by atoms with Gasteiger partial charge in [0.15, 0.2) is 0 Å². The molecular weight excluding hydrogens is 243 g/mol. The third-order valence-corrected chi connectivity index (χ3v) is 2.64. The number of hydrogen-bond donors (Lipinski definition) is 1. The molecule has 0 aliphatic carbocycles. The van der Waals surface area contributed by atoms with Crippen molar-refractivity contribution in [3.8, 4) is 6.07 Å². The summed E-state index contributed by atoms with van der Waals surface area (Å²) in [5.74, 6) is -0.531. The molecule has 94 valence electrons. The van der Waals surface area contributed by atoms with E-state index in [0.29, 0.717) is 17.7 Å². The van der Waals surface area contributed by atoms with E-state index in [1.54, 1.807) is 36.4 Å². The normalized spacial score (nSPS) is 9.68. The molecule has 0 fully saturated rings. The molecule has 2 rings (SSSR count). The van der Waals surface area contributed by atoms with Crippen LogP contribution in [0, 0.1) is 17.1 Å². The van der Waals surface area contributed by atoms with E-state index in [-0.39, 0.29) is 11.7 Å². The SMILES string of the molecule is N#Cc1ccc(C(=O)NCc2ccc(F)cc2)cc1. The van der Waals surface area contributed by atoms with Crippen LogP contribution in [0.25, 0.3) is 0 Å². The molecule has 0 aliphatic heterocycles. The van der Waals surface area contributed by atoms with Crippen LogP contribution in [0.1, 0.15) is 21.5 Å². The van der Waals surface area contributed by atoms with Crippen molar-refractivity contribution in [1.29, 1.82) is 5.26 Å². The van der Waals surface area contributed by atoms with Gasteiger partial charge in [-0.1, -0.05) is 12.1 Å². The molecule has 19 heavy (non-hydrogen) atoms. The van der Waals surface area contributed by atoms with E-state index < -0.39 is 0 Å². The predicted molar refractivity (Wildman–Crippen MR) is 68.7 cm³/mol. The number of nitrogens with one attached hydrogen (secondary N) is 1. The van der Waals surface area contributed by atoms with Gasteiger partial charge in [-0.15, -0.1) is 0 Å². The summed E-state index contributed by atoms with van der Waals surface area (Å²) in [6, 6.07) is 14.3. The molecule has 0 saturated heterocycles. The van der Waals surface area contributed by atoms with Gasteiger partial charge >= 0.3 is 0 Å². The first-order valence-electron chi connectivity index (χ1n) is 5.72. The lowest BCUT2D eigenvalue weighted by Crippen LogP contribution is -2.22. The molecule has 0 heterocycles. The standard InChI is InChI=1S/C15H11FN2O/c16-14-7-3-12(4-8-14)10-18-15(19)13-5-1-11(9-17)2-6-13/h1-8H,10H2,(H,18,19). The third kappa shape index (κ3) is 3.39. The molecule has 3 nitrogen and oxygen atoms in total. The smallest absolute Gasteiger partial charge is 0.251 e. The van der Waals surface area contributed by atoms with E-state index >= 15 is 0 Å². The molecule has 0 saturated carbocycles. The highest BCUT2D eigenvalue weighted by Gasteiger charge is 2.05. The minimum Gasteiger partial charge on any atom is -0.348 e. The fourth-order valence-corrected chi connectivity index (χ4v) is 1.58. The lowest BCUT2D eigenvalue weighted by atomic mass is 10.1. The highest BCUT2D eigenvalue weighted by molar-refractivity contribution is 5.94. The quantitative estimate of drug-likeness (QED) is 0.915. The zero-order chi connectivity index (χ0) is 13.7. The Morgan fingerprint density at radius 2 is 1.74 bits per heavy atom. The molecule has 0 spiro atoms. The second kappa shape index (κ2) is 5.78. The Balaban J connectivity index is 1.97. The van der Waals surface area contributed by atoms with Gasteiger partial charge in [-0.05, 0) is 42.0 Å². The summed E-state index contributed by atoms with van der Waals surface area (Å²) < 4.78 is 12.7. The van der Waals surface area contributed by atoms with Crippen LogP contribution in [0.3, 0.4) is 0 Å². The second-order valence-electron chi connectivity index (χ2n) is 4.00. The summed E-state index contributed by atoms with van der Waals surface area (Å²) in [6.07, 6.45) is 0. The Kier molecular flexibility index (Phi) is 3.89. The topological polar surface area (TPSA) is 52.9 Å². The number of carbonyl (C=O) groups excluding carboxylic acids is 1. The van der Waals surface area contributed by atoms with Gasteiger partial charge in [0.2, 0.25) is 0 Å². The first kappa shape index (κ1) is 12.8. The van der Waals surface area contributed by atoms with Crippen molar-refractivity contribution in [3.05, 3.63) is 71.0 Å². The van der Waals surface area contributed by atoms with Gasteiger partial charge in [-0.2, -0.15) is 5.26 Å². The molecule has 4 heteroatoms. The monoisotopic (exact) mass is 254 g/mol. The molecule has 0 bridgehead atoms. The van der Waals surface area contributed by atoms with E-state index in [1.165, 1.54) is 12.1 Å². The Bertz CT molecular complexity index is 612. The molecule has 1 amide bonds. The Morgan fingerprint density at radius 3 is 2.32 bits per heavy atom. The van der Waals surface area contributed by atoms with Crippen molar-refractivity contribution in [2.24, 2.45) is 0 Å². The van der Waals surface area contributed by atoms with Crippen molar-refractivity contribution in [3.63, 3.8) is 0 Å². The lowest BCUT2D eigenvalue weighted by molar-refractivity contribution is 0.0951. The zero-order valence-corrected chi connectivity index (χ0v) is 10.1. The van der Waals surface area contributed by atoms with Gasteiger partial charge in [0, 0.05) is 12.1 Å². The molecule has 0 unspecified atom stereocenters. The number of hydrogen-bond acceptors (Lipinski definition) is 2. The number of rotatable bonds is 3. The van der Waals surface area contributed by atoms with Crippen LogP contribution in [0.5, 0.6) is 0 Å². The molecule has 2 aromatic rings. The summed E-state index contributed by atoms with van der Waals surface area (Å²) >= 11 is 0.